The predicted molar refractivity (Wildman–Crippen MR) is 79.3 cm³/mol. The summed E-state index contributed by atoms with van der Waals surface area (Å²) >= 11 is 0. The molecule has 3 nitrogen and oxygen atoms in total. The van der Waals surface area contributed by atoms with E-state index in [4.69, 9.17) is 9.47 Å². The maximum atomic E-state index is 5.38. The van der Waals surface area contributed by atoms with Gasteiger partial charge in [0.25, 0.3) is 0 Å². The second kappa shape index (κ2) is 6.18. The zero-order valence-electron chi connectivity index (χ0n) is 12.5. The number of methoxy groups -OCH3 is 2. The Bertz CT molecular complexity index is 431. The van der Waals surface area contributed by atoms with Gasteiger partial charge in [-0.2, -0.15) is 0 Å². The van der Waals surface area contributed by atoms with Gasteiger partial charge in [0.1, 0.15) is 0 Å². The normalized spacial score (nSPS) is 22.9. The summed E-state index contributed by atoms with van der Waals surface area (Å²) in [5.41, 5.74) is 2.37. The Morgan fingerprint density at radius 3 is 2.32 bits per heavy atom. The average molecular weight is 263 g/mol. The van der Waals surface area contributed by atoms with Crippen LogP contribution in [0, 0.1) is 12.8 Å². The molecule has 0 aliphatic heterocycles. The van der Waals surface area contributed by atoms with E-state index in [0.717, 1.165) is 23.1 Å². The van der Waals surface area contributed by atoms with Crippen molar-refractivity contribution in [2.45, 2.75) is 45.6 Å². The zero-order chi connectivity index (χ0) is 13.8. The van der Waals surface area contributed by atoms with Crippen LogP contribution in [0.4, 0.5) is 5.69 Å². The summed E-state index contributed by atoms with van der Waals surface area (Å²) in [6.45, 7) is 4.45. The molecule has 1 aliphatic rings. The standard InChI is InChI=1S/C16H25NO2/c1-11-7-5-6-8-13(11)17-14-10-16(19-4)15(18-3)9-12(14)2/h9-11,13,17H,5-8H2,1-4H3. The number of hydrogen-bond donors (Lipinski definition) is 1. The van der Waals surface area contributed by atoms with Gasteiger partial charge in [-0.25, -0.2) is 0 Å². The molecular weight excluding hydrogens is 238 g/mol. The van der Waals surface area contributed by atoms with Gasteiger partial charge in [-0.15, -0.1) is 0 Å². The fraction of sp³-hybridized carbons (Fsp3) is 0.625. The van der Waals surface area contributed by atoms with E-state index in [-0.39, 0.29) is 0 Å². The van der Waals surface area contributed by atoms with Crippen molar-refractivity contribution >= 4 is 5.69 Å². The molecule has 0 saturated heterocycles. The van der Waals surface area contributed by atoms with E-state index in [9.17, 15) is 0 Å². The van der Waals surface area contributed by atoms with E-state index in [0.29, 0.717) is 6.04 Å². The maximum absolute atomic E-state index is 5.38. The van der Waals surface area contributed by atoms with E-state index >= 15 is 0 Å². The lowest BCUT2D eigenvalue weighted by Crippen LogP contribution is -2.30. The molecule has 1 aromatic carbocycles. The van der Waals surface area contributed by atoms with Crippen molar-refractivity contribution < 1.29 is 9.47 Å². The smallest absolute Gasteiger partial charge is 0.162 e. The Labute approximate surface area is 116 Å². The summed E-state index contributed by atoms with van der Waals surface area (Å²) in [5, 5.41) is 3.69. The quantitative estimate of drug-likeness (QED) is 0.890. The first kappa shape index (κ1) is 14.0. The first-order valence-corrected chi connectivity index (χ1v) is 7.15. The van der Waals surface area contributed by atoms with Gasteiger partial charge >= 0.3 is 0 Å². The molecule has 0 aromatic heterocycles. The molecule has 1 fully saturated rings. The van der Waals surface area contributed by atoms with Crippen LogP contribution in [0.25, 0.3) is 0 Å². The van der Waals surface area contributed by atoms with Gasteiger partial charge in [0.05, 0.1) is 14.2 Å². The SMILES string of the molecule is COc1cc(C)c(NC2CCCCC2C)cc1OC. The number of aryl methyl sites for hydroxylation is 1. The van der Waals surface area contributed by atoms with Crippen LogP contribution in [0.5, 0.6) is 11.5 Å². The number of ether oxygens (including phenoxy) is 2. The largest absolute Gasteiger partial charge is 0.493 e. The lowest BCUT2D eigenvalue weighted by atomic mass is 9.85. The Hall–Kier alpha value is -1.38. The summed E-state index contributed by atoms with van der Waals surface area (Å²) in [6.07, 6.45) is 5.28. The molecular formula is C16H25NO2. The molecule has 19 heavy (non-hydrogen) atoms. The first-order valence-electron chi connectivity index (χ1n) is 7.15. The second-order valence-corrected chi connectivity index (χ2v) is 5.53. The highest BCUT2D eigenvalue weighted by Gasteiger charge is 2.22. The highest BCUT2D eigenvalue weighted by atomic mass is 16.5. The average Bonchev–Trinajstić information content (AvgIpc) is 2.42. The minimum absolute atomic E-state index is 0.575. The molecule has 2 unspecified atom stereocenters. The summed E-state index contributed by atoms with van der Waals surface area (Å²) in [5.74, 6) is 2.32. The van der Waals surface area contributed by atoms with Gasteiger partial charge in [0.15, 0.2) is 11.5 Å². The Kier molecular flexibility index (Phi) is 4.56. The lowest BCUT2D eigenvalue weighted by molar-refractivity contribution is 0.347. The van der Waals surface area contributed by atoms with Gasteiger partial charge in [-0.1, -0.05) is 19.8 Å². The van der Waals surface area contributed by atoms with E-state index < -0.39 is 0 Å². The summed E-state index contributed by atoms with van der Waals surface area (Å²) in [7, 11) is 3.35. The number of hydrogen-bond acceptors (Lipinski definition) is 3. The molecule has 1 aliphatic carbocycles. The maximum Gasteiger partial charge on any atom is 0.162 e. The van der Waals surface area contributed by atoms with Gasteiger partial charge < -0.3 is 14.8 Å². The van der Waals surface area contributed by atoms with Gasteiger partial charge in [-0.3, -0.25) is 0 Å². The summed E-state index contributed by atoms with van der Waals surface area (Å²) in [6, 6.07) is 4.66. The third-order valence-corrected chi connectivity index (χ3v) is 4.18. The topological polar surface area (TPSA) is 30.5 Å². The number of anilines is 1. The monoisotopic (exact) mass is 263 g/mol. The van der Waals surface area contributed by atoms with Crippen molar-refractivity contribution in [3.8, 4) is 11.5 Å². The molecule has 0 spiro atoms. The minimum Gasteiger partial charge on any atom is -0.493 e. The molecule has 1 aromatic rings. The first-order chi connectivity index (χ1) is 9.15. The van der Waals surface area contributed by atoms with Crippen LogP contribution >= 0.6 is 0 Å². The van der Waals surface area contributed by atoms with Crippen LogP contribution in [0.1, 0.15) is 38.2 Å². The Morgan fingerprint density at radius 2 is 1.68 bits per heavy atom. The molecule has 0 amide bonds. The van der Waals surface area contributed by atoms with Crippen LogP contribution < -0.4 is 14.8 Å². The Balaban J connectivity index is 2.19. The van der Waals surface area contributed by atoms with Crippen molar-refractivity contribution in [2.75, 3.05) is 19.5 Å². The molecule has 0 heterocycles. The van der Waals surface area contributed by atoms with E-state index in [2.05, 4.69) is 25.2 Å². The second-order valence-electron chi connectivity index (χ2n) is 5.53. The summed E-state index contributed by atoms with van der Waals surface area (Å²) < 4.78 is 10.7. The highest BCUT2D eigenvalue weighted by molar-refractivity contribution is 5.60. The van der Waals surface area contributed by atoms with E-state index in [1.807, 2.05) is 6.07 Å². The lowest BCUT2D eigenvalue weighted by Gasteiger charge is -2.31. The van der Waals surface area contributed by atoms with Gasteiger partial charge in [0.2, 0.25) is 0 Å². The van der Waals surface area contributed by atoms with Crippen molar-refractivity contribution in [3.05, 3.63) is 17.7 Å². The molecule has 106 valence electrons. The zero-order valence-corrected chi connectivity index (χ0v) is 12.5. The highest BCUT2D eigenvalue weighted by Crippen LogP contribution is 2.35. The van der Waals surface area contributed by atoms with Crippen molar-refractivity contribution in [3.63, 3.8) is 0 Å². The van der Waals surface area contributed by atoms with E-state index in [1.165, 1.54) is 31.2 Å². The minimum atomic E-state index is 0.575. The van der Waals surface area contributed by atoms with Crippen LogP contribution in [0.2, 0.25) is 0 Å². The molecule has 0 radical (unpaired) electrons. The molecule has 2 rings (SSSR count). The predicted octanol–water partition coefficient (Wildman–Crippen LogP) is 4.00. The van der Waals surface area contributed by atoms with Crippen LogP contribution in [0.3, 0.4) is 0 Å². The fourth-order valence-corrected chi connectivity index (χ4v) is 2.87. The Morgan fingerprint density at radius 1 is 1.05 bits per heavy atom. The van der Waals surface area contributed by atoms with Gasteiger partial charge in [0, 0.05) is 17.8 Å². The van der Waals surface area contributed by atoms with Crippen molar-refractivity contribution in [1.29, 1.82) is 0 Å². The molecule has 2 atom stereocenters. The van der Waals surface area contributed by atoms with Crippen LogP contribution in [0.15, 0.2) is 12.1 Å². The van der Waals surface area contributed by atoms with Crippen molar-refractivity contribution in [2.24, 2.45) is 5.92 Å². The summed E-state index contributed by atoms with van der Waals surface area (Å²) in [4.78, 5) is 0. The third kappa shape index (κ3) is 3.14. The molecule has 1 saturated carbocycles. The number of rotatable bonds is 4. The fourth-order valence-electron chi connectivity index (χ4n) is 2.87. The third-order valence-electron chi connectivity index (χ3n) is 4.18. The van der Waals surface area contributed by atoms with Crippen LogP contribution in [-0.4, -0.2) is 20.3 Å². The molecule has 1 N–H and O–H groups in total. The molecule has 0 bridgehead atoms. The van der Waals surface area contributed by atoms with Gasteiger partial charge in [-0.05, 0) is 37.3 Å². The number of benzene rings is 1. The van der Waals surface area contributed by atoms with E-state index in [1.54, 1.807) is 14.2 Å². The van der Waals surface area contributed by atoms with Crippen molar-refractivity contribution in [1.82, 2.24) is 0 Å². The molecule has 3 heteroatoms. The van der Waals surface area contributed by atoms with Crippen LogP contribution in [-0.2, 0) is 0 Å². The number of nitrogens with one attached hydrogen (secondary N) is 1.